The monoisotopic (exact) mass is 291 g/mol. The summed E-state index contributed by atoms with van der Waals surface area (Å²) in [5.41, 5.74) is 7.05. The Morgan fingerprint density at radius 2 is 1.86 bits per heavy atom. The molecule has 7 heteroatoms. The highest BCUT2D eigenvalue weighted by atomic mass is 16.4. The SMILES string of the molecule is CN1CCN(c2ccc(C(N)CC(=O)O)cc2)C(=O)C1=O. The molecule has 0 bridgehead atoms. The van der Waals surface area contributed by atoms with Crippen LogP contribution in [0.1, 0.15) is 18.0 Å². The van der Waals surface area contributed by atoms with Gasteiger partial charge in [0.2, 0.25) is 0 Å². The fraction of sp³-hybridized carbons (Fsp3) is 0.357. The molecule has 7 nitrogen and oxygen atoms in total. The van der Waals surface area contributed by atoms with Crippen molar-refractivity contribution >= 4 is 23.5 Å². The molecule has 1 fully saturated rings. The standard InChI is InChI=1S/C14H17N3O4/c1-16-6-7-17(14(21)13(16)20)10-4-2-9(3-5-10)11(15)8-12(18)19/h2-5,11H,6-8,15H2,1H3,(H,18,19). The van der Waals surface area contributed by atoms with Crippen LogP contribution in [-0.2, 0) is 14.4 Å². The van der Waals surface area contributed by atoms with Crippen LogP contribution in [0.5, 0.6) is 0 Å². The summed E-state index contributed by atoms with van der Waals surface area (Å²) < 4.78 is 0. The Morgan fingerprint density at radius 3 is 2.43 bits per heavy atom. The summed E-state index contributed by atoms with van der Waals surface area (Å²) >= 11 is 0. The average Bonchev–Trinajstić information content (AvgIpc) is 2.44. The lowest BCUT2D eigenvalue weighted by Crippen LogP contribution is -2.53. The Hall–Kier alpha value is -2.41. The van der Waals surface area contributed by atoms with Gasteiger partial charge in [-0.05, 0) is 17.7 Å². The molecular formula is C14H17N3O4. The number of carbonyl (C=O) groups is 3. The van der Waals surface area contributed by atoms with Gasteiger partial charge in [0.1, 0.15) is 0 Å². The van der Waals surface area contributed by atoms with Crippen molar-refractivity contribution in [2.24, 2.45) is 5.73 Å². The maximum absolute atomic E-state index is 11.9. The van der Waals surface area contributed by atoms with Crippen molar-refractivity contribution in [3.63, 3.8) is 0 Å². The molecule has 0 aliphatic carbocycles. The van der Waals surface area contributed by atoms with E-state index in [0.717, 1.165) is 0 Å². The fourth-order valence-electron chi connectivity index (χ4n) is 2.19. The molecule has 1 atom stereocenters. The van der Waals surface area contributed by atoms with Crippen molar-refractivity contribution in [3.8, 4) is 0 Å². The molecule has 0 spiro atoms. The molecule has 0 saturated carbocycles. The first-order chi connectivity index (χ1) is 9.90. The second-order valence-electron chi connectivity index (χ2n) is 4.98. The number of likely N-dealkylation sites (N-methyl/N-ethyl adjacent to an activating group) is 1. The van der Waals surface area contributed by atoms with Crippen LogP contribution in [0.25, 0.3) is 0 Å². The smallest absolute Gasteiger partial charge is 0.316 e. The molecule has 1 aliphatic heterocycles. The van der Waals surface area contributed by atoms with Gasteiger partial charge in [-0.2, -0.15) is 0 Å². The van der Waals surface area contributed by atoms with Gasteiger partial charge in [-0.25, -0.2) is 0 Å². The quantitative estimate of drug-likeness (QED) is 0.758. The summed E-state index contributed by atoms with van der Waals surface area (Å²) in [6.45, 7) is 0.909. The number of anilines is 1. The first kappa shape index (κ1) is 15.0. The number of benzene rings is 1. The predicted octanol–water partition coefficient (Wildman–Crippen LogP) is -0.0339. The van der Waals surface area contributed by atoms with Crippen LogP contribution in [0, 0.1) is 0 Å². The normalized spacial score (nSPS) is 17.0. The predicted molar refractivity (Wildman–Crippen MR) is 75.6 cm³/mol. The lowest BCUT2D eigenvalue weighted by Gasteiger charge is -2.31. The van der Waals surface area contributed by atoms with Gasteiger partial charge in [0.15, 0.2) is 0 Å². The van der Waals surface area contributed by atoms with Crippen LogP contribution in [-0.4, -0.2) is 47.9 Å². The van der Waals surface area contributed by atoms with Crippen molar-refractivity contribution < 1.29 is 19.5 Å². The summed E-state index contributed by atoms with van der Waals surface area (Å²) in [4.78, 5) is 37.0. The molecule has 2 amide bonds. The zero-order valence-electron chi connectivity index (χ0n) is 11.7. The highest BCUT2D eigenvalue weighted by Crippen LogP contribution is 2.21. The molecule has 2 rings (SSSR count). The number of rotatable bonds is 4. The number of hydrogen-bond donors (Lipinski definition) is 2. The van der Waals surface area contributed by atoms with E-state index in [1.54, 1.807) is 31.3 Å². The largest absolute Gasteiger partial charge is 0.481 e. The number of amides is 2. The van der Waals surface area contributed by atoms with Crippen molar-refractivity contribution in [2.45, 2.75) is 12.5 Å². The van der Waals surface area contributed by atoms with E-state index in [1.807, 2.05) is 0 Å². The maximum atomic E-state index is 11.9. The molecular weight excluding hydrogens is 274 g/mol. The van der Waals surface area contributed by atoms with Gasteiger partial charge in [0.25, 0.3) is 0 Å². The lowest BCUT2D eigenvalue weighted by molar-refractivity contribution is -0.145. The van der Waals surface area contributed by atoms with Gasteiger partial charge in [0.05, 0.1) is 6.42 Å². The molecule has 112 valence electrons. The Labute approximate surface area is 121 Å². The maximum Gasteiger partial charge on any atom is 0.316 e. The van der Waals surface area contributed by atoms with Crippen LogP contribution in [0.15, 0.2) is 24.3 Å². The number of piperazine rings is 1. The molecule has 1 aromatic rings. The number of carbonyl (C=O) groups excluding carboxylic acids is 2. The first-order valence-corrected chi connectivity index (χ1v) is 6.54. The minimum absolute atomic E-state index is 0.161. The van der Waals surface area contributed by atoms with Gasteiger partial charge in [-0.3, -0.25) is 14.4 Å². The van der Waals surface area contributed by atoms with Crippen molar-refractivity contribution in [3.05, 3.63) is 29.8 Å². The summed E-state index contributed by atoms with van der Waals surface area (Å²) in [7, 11) is 1.59. The Kier molecular flexibility index (Phi) is 4.23. The third-order valence-electron chi connectivity index (χ3n) is 3.46. The summed E-state index contributed by atoms with van der Waals surface area (Å²) in [5, 5.41) is 8.72. The van der Waals surface area contributed by atoms with Crippen LogP contribution in [0.3, 0.4) is 0 Å². The fourth-order valence-corrected chi connectivity index (χ4v) is 2.19. The van der Waals surface area contributed by atoms with E-state index >= 15 is 0 Å². The topological polar surface area (TPSA) is 104 Å². The van der Waals surface area contributed by atoms with Crippen molar-refractivity contribution in [1.29, 1.82) is 0 Å². The third-order valence-corrected chi connectivity index (χ3v) is 3.46. The number of nitrogens with zero attached hydrogens (tertiary/aromatic N) is 2. The zero-order valence-corrected chi connectivity index (χ0v) is 11.7. The second kappa shape index (κ2) is 5.92. The Bertz CT molecular complexity index is 570. The van der Waals surface area contributed by atoms with Gasteiger partial charge in [0, 0.05) is 31.9 Å². The number of hydrogen-bond acceptors (Lipinski definition) is 4. The molecule has 1 aromatic carbocycles. The van der Waals surface area contributed by atoms with E-state index < -0.39 is 23.8 Å². The van der Waals surface area contributed by atoms with Crippen LogP contribution in [0.2, 0.25) is 0 Å². The van der Waals surface area contributed by atoms with Gasteiger partial charge >= 0.3 is 17.8 Å². The van der Waals surface area contributed by atoms with Crippen LogP contribution < -0.4 is 10.6 Å². The van der Waals surface area contributed by atoms with Gasteiger partial charge < -0.3 is 20.6 Å². The highest BCUT2D eigenvalue weighted by molar-refractivity contribution is 6.40. The minimum atomic E-state index is -0.966. The molecule has 1 unspecified atom stereocenters. The van der Waals surface area contributed by atoms with Gasteiger partial charge in [-0.15, -0.1) is 0 Å². The summed E-state index contributed by atoms with van der Waals surface area (Å²) in [6, 6.07) is 6.11. The van der Waals surface area contributed by atoms with E-state index in [1.165, 1.54) is 9.80 Å². The Balaban J connectivity index is 2.14. The first-order valence-electron chi connectivity index (χ1n) is 6.54. The van der Waals surface area contributed by atoms with E-state index in [0.29, 0.717) is 24.3 Å². The number of aliphatic carboxylic acids is 1. The number of nitrogens with two attached hydrogens (primary N) is 1. The van der Waals surface area contributed by atoms with Crippen LogP contribution >= 0.6 is 0 Å². The lowest BCUT2D eigenvalue weighted by atomic mass is 10.0. The average molecular weight is 291 g/mol. The number of carboxylic acid groups (broad SMARTS) is 1. The van der Waals surface area contributed by atoms with E-state index in [4.69, 9.17) is 10.8 Å². The molecule has 0 radical (unpaired) electrons. The molecule has 3 N–H and O–H groups in total. The Morgan fingerprint density at radius 1 is 1.24 bits per heavy atom. The highest BCUT2D eigenvalue weighted by Gasteiger charge is 2.31. The van der Waals surface area contributed by atoms with Crippen LogP contribution in [0.4, 0.5) is 5.69 Å². The molecule has 1 heterocycles. The molecule has 21 heavy (non-hydrogen) atoms. The van der Waals surface area contributed by atoms with E-state index in [-0.39, 0.29) is 6.42 Å². The molecule has 1 saturated heterocycles. The third kappa shape index (κ3) is 3.19. The van der Waals surface area contributed by atoms with E-state index in [2.05, 4.69) is 0 Å². The molecule has 0 aromatic heterocycles. The van der Waals surface area contributed by atoms with Gasteiger partial charge in [-0.1, -0.05) is 12.1 Å². The van der Waals surface area contributed by atoms with Crippen molar-refractivity contribution in [2.75, 3.05) is 25.0 Å². The summed E-state index contributed by atoms with van der Waals surface area (Å²) in [5.74, 6) is -2.06. The summed E-state index contributed by atoms with van der Waals surface area (Å²) in [6.07, 6.45) is -0.161. The van der Waals surface area contributed by atoms with Crippen molar-refractivity contribution in [1.82, 2.24) is 4.90 Å². The number of carboxylic acids is 1. The molecule has 1 aliphatic rings. The van der Waals surface area contributed by atoms with E-state index in [9.17, 15) is 14.4 Å². The minimum Gasteiger partial charge on any atom is -0.481 e. The second-order valence-corrected chi connectivity index (χ2v) is 4.98. The zero-order chi connectivity index (χ0) is 15.6.